The van der Waals surface area contributed by atoms with Crippen LogP contribution in [0.5, 0.6) is 23.5 Å². The lowest BCUT2D eigenvalue weighted by molar-refractivity contribution is 0.401. The van der Waals surface area contributed by atoms with Crippen molar-refractivity contribution in [2.24, 2.45) is 0 Å². The maximum atomic E-state index is 9.80. The van der Waals surface area contributed by atoms with E-state index in [0.717, 1.165) is 11.1 Å². The quantitative estimate of drug-likeness (QED) is 0.454. The first kappa shape index (κ1) is 15.7. The van der Waals surface area contributed by atoms with E-state index in [0.29, 0.717) is 11.4 Å². The number of nitrogens with zero attached hydrogens (tertiary/aromatic N) is 2. The predicted molar refractivity (Wildman–Crippen MR) is 97.2 cm³/mol. The molecule has 26 heavy (non-hydrogen) atoms. The van der Waals surface area contributed by atoms with E-state index in [9.17, 15) is 20.4 Å². The van der Waals surface area contributed by atoms with Gasteiger partial charge in [-0.3, -0.25) is 9.13 Å². The standard InChI is InChI=1S/C20H16N2O4/c23-17-9-10-18(24)21(17)15-5-1-13(2-6-15)14-3-7-16(8-4-14)22-19(25)11-12-20(22)26/h1-12,23-26H. The Morgan fingerprint density at radius 1 is 0.385 bits per heavy atom. The van der Waals surface area contributed by atoms with Crippen molar-refractivity contribution >= 4 is 0 Å². The maximum absolute atomic E-state index is 9.80. The zero-order valence-corrected chi connectivity index (χ0v) is 13.6. The van der Waals surface area contributed by atoms with Gasteiger partial charge >= 0.3 is 0 Å². The van der Waals surface area contributed by atoms with Crippen LogP contribution in [0.25, 0.3) is 22.5 Å². The van der Waals surface area contributed by atoms with Crippen molar-refractivity contribution in [2.75, 3.05) is 0 Å². The minimum Gasteiger partial charge on any atom is -0.494 e. The smallest absolute Gasteiger partial charge is 0.198 e. The van der Waals surface area contributed by atoms with Crippen LogP contribution in [0.15, 0.2) is 72.8 Å². The number of aromatic nitrogens is 2. The highest BCUT2D eigenvalue weighted by molar-refractivity contribution is 5.66. The summed E-state index contributed by atoms with van der Waals surface area (Å²) < 4.78 is 2.68. The van der Waals surface area contributed by atoms with Gasteiger partial charge in [-0.2, -0.15) is 0 Å². The third-order valence-corrected chi connectivity index (χ3v) is 4.26. The van der Waals surface area contributed by atoms with Crippen LogP contribution in [-0.2, 0) is 0 Å². The van der Waals surface area contributed by atoms with Gasteiger partial charge < -0.3 is 20.4 Å². The SMILES string of the molecule is Oc1ccc(O)n1-c1ccc(-c2ccc(-n3c(O)ccc3O)cc2)cc1. The van der Waals surface area contributed by atoms with E-state index in [1.165, 1.54) is 33.4 Å². The van der Waals surface area contributed by atoms with E-state index in [1.807, 2.05) is 24.3 Å². The Labute approximate surface area is 149 Å². The number of hydrogen-bond acceptors (Lipinski definition) is 4. The Hall–Kier alpha value is -3.80. The lowest BCUT2D eigenvalue weighted by atomic mass is 10.0. The molecule has 0 spiro atoms. The number of benzene rings is 2. The maximum Gasteiger partial charge on any atom is 0.198 e. The summed E-state index contributed by atoms with van der Waals surface area (Å²) in [5, 5.41) is 39.2. The molecule has 0 bridgehead atoms. The molecule has 2 heterocycles. The Bertz CT molecular complexity index is 934. The Kier molecular flexibility index (Phi) is 3.58. The van der Waals surface area contributed by atoms with Gasteiger partial charge in [-0.15, -0.1) is 0 Å². The summed E-state index contributed by atoms with van der Waals surface area (Å²) in [7, 11) is 0. The van der Waals surface area contributed by atoms with Gasteiger partial charge in [0.15, 0.2) is 23.5 Å². The molecule has 2 aromatic heterocycles. The molecule has 0 aliphatic carbocycles. The lowest BCUT2D eigenvalue weighted by Gasteiger charge is -2.10. The lowest BCUT2D eigenvalue weighted by Crippen LogP contribution is -1.93. The van der Waals surface area contributed by atoms with Gasteiger partial charge in [-0.05, 0) is 35.4 Å². The summed E-state index contributed by atoms with van der Waals surface area (Å²) >= 11 is 0. The molecule has 6 heteroatoms. The Morgan fingerprint density at radius 3 is 0.923 bits per heavy atom. The van der Waals surface area contributed by atoms with E-state index >= 15 is 0 Å². The van der Waals surface area contributed by atoms with Crippen molar-refractivity contribution < 1.29 is 20.4 Å². The molecule has 0 aliphatic heterocycles. The van der Waals surface area contributed by atoms with Crippen LogP contribution in [-0.4, -0.2) is 29.6 Å². The minimum absolute atomic E-state index is 0.0362. The normalized spacial score (nSPS) is 10.9. The summed E-state index contributed by atoms with van der Waals surface area (Å²) in [6.45, 7) is 0. The number of rotatable bonds is 3. The van der Waals surface area contributed by atoms with E-state index in [4.69, 9.17) is 0 Å². The predicted octanol–water partition coefficient (Wildman–Crippen LogP) is 3.76. The first-order valence-electron chi connectivity index (χ1n) is 7.95. The van der Waals surface area contributed by atoms with E-state index in [-0.39, 0.29) is 23.5 Å². The van der Waals surface area contributed by atoms with Crippen molar-refractivity contribution in [3.63, 3.8) is 0 Å². The second-order valence-corrected chi connectivity index (χ2v) is 5.86. The van der Waals surface area contributed by atoms with Crippen molar-refractivity contribution in [3.8, 4) is 46.0 Å². The monoisotopic (exact) mass is 348 g/mol. The molecular weight excluding hydrogens is 332 g/mol. The van der Waals surface area contributed by atoms with Crippen LogP contribution < -0.4 is 0 Å². The zero-order chi connectivity index (χ0) is 18.3. The minimum atomic E-state index is -0.0362. The van der Waals surface area contributed by atoms with Gasteiger partial charge in [0.1, 0.15) is 0 Å². The van der Waals surface area contributed by atoms with Gasteiger partial charge in [0.2, 0.25) is 0 Å². The molecule has 130 valence electrons. The van der Waals surface area contributed by atoms with E-state index < -0.39 is 0 Å². The molecule has 0 atom stereocenters. The summed E-state index contributed by atoms with van der Waals surface area (Å²) in [6, 6.07) is 20.4. The van der Waals surface area contributed by atoms with Crippen LogP contribution in [0.4, 0.5) is 0 Å². The van der Waals surface area contributed by atoms with Gasteiger partial charge in [0.05, 0.1) is 11.4 Å². The topological polar surface area (TPSA) is 90.8 Å². The van der Waals surface area contributed by atoms with Crippen molar-refractivity contribution in [1.29, 1.82) is 0 Å². The fourth-order valence-electron chi connectivity index (χ4n) is 2.97. The van der Waals surface area contributed by atoms with E-state index in [1.54, 1.807) is 24.3 Å². The van der Waals surface area contributed by atoms with Crippen molar-refractivity contribution in [3.05, 3.63) is 72.8 Å². The molecule has 0 saturated carbocycles. The first-order chi connectivity index (χ1) is 12.5. The summed E-state index contributed by atoms with van der Waals surface area (Å²) in [5.74, 6) is -0.145. The van der Waals surface area contributed by atoms with Gasteiger partial charge in [0, 0.05) is 24.3 Å². The summed E-state index contributed by atoms with van der Waals surface area (Å²) in [5.41, 5.74) is 3.19. The van der Waals surface area contributed by atoms with Crippen LogP contribution in [0.3, 0.4) is 0 Å². The molecule has 0 aliphatic rings. The van der Waals surface area contributed by atoms with Crippen molar-refractivity contribution in [2.45, 2.75) is 0 Å². The molecule has 4 aromatic rings. The fraction of sp³-hybridized carbons (Fsp3) is 0. The first-order valence-corrected chi connectivity index (χ1v) is 7.95. The summed E-state index contributed by atoms with van der Waals surface area (Å²) in [4.78, 5) is 0. The second-order valence-electron chi connectivity index (χ2n) is 5.86. The molecule has 4 N–H and O–H groups in total. The van der Waals surface area contributed by atoms with Crippen molar-refractivity contribution in [1.82, 2.24) is 9.13 Å². The Morgan fingerprint density at radius 2 is 0.654 bits per heavy atom. The second kappa shape index (κ2) is 5.93. The van der Waals surface area contributed by atoms with Gasteiger partial charge in [-0.25, -0.2) is 0 Å². The molecule has 4 rings (SSSR count). The van der Waals surface area contributed by atoms with Crippen LogP contribution in [0, 0.1) is 0 Å². The third kappa shape index (κ3) is 2.53. The molecular formula is C20H16N2O4. The summed E-state index contributed by atoms with van der Waals surface area (Å²) in [6.07, 6.45) is 0. The molecule has 0 fully saturated rings. The van der Waals surface area contributed by atoms with Crippen LogP contribution in [0.1, 0.15) is 0 Å². The highest BCUT2D eigenvalue weighted by Gasteiger charge is 2.10. The largest absolute Gasteiger partial charge is 0.494 e. The zero-order valence-electron chi connectivity index (χ0n) is 13.6. The average molecular weight is 348 g/mol. The molecule has 0 amide bonds. The highest BCUT2D eigenvalue weighted by atomic mass is 16.3. The van der Waals surface area contributed by atoms with Crippen LogP contribution >= 0.6 is 0 Å². The van der Waals surface area contributed by atoms with Gasteiger partial charge in [0.25, 0.3) is 0 Å². The third-order valence-electron chi connectivity index (χ3n) is 4.26. The Balaban J connectivity index is 1.64. The fourth-order valence-corrected chi connectivity index (χ4v) is 2.97. The van der Waals surface area contributed by atoms with Gasteiger partial charge in [-0.1, -0.05) is 24.3 Å². The average Bonchev–Trinajstić information content (AvgIpc) is 3.16. The molecule has 2 aromatic carbocycles. The molecule has 0 radical (unpaired) electrons. The molecule has 0 saturated heterocycles. The number of hydrogen-bond donors (Lipinski definition) is 4. The van der Waals surface area contributed by atoms with E-state index in [2.05, 4.69) is 0 Å². The molecule has 0 unspecified atom stereocenters. The number of aromatic hydroxyl groups is 4. The highest BCUT2D eigenvalue weighted by Crippen LogP contribution is 2.30. The molecule has 6 nitrogen and oxygen atoms in total. The van der Waals surface area contributed by atoms with Crippen LogP contribution in [0.2, 0.25) is 0 Å².